The fourth-order valence-corrected chi connectivity index (χ4v) is 6.50. The molecule has 0 aliphatic carbocycles. The van der Waals surface area contributed by atoms with E-state index >= 15 is 0 Å². The van der Waals surface area contributed by atoms with Crippen molar-refractivity contribution in [3.8, 4) is 0 Å². The van der Waals surface area contributed by atoms with Crippen LogP contribution in [0.15, 0.2) is 101 Å². The number of rotatable bonds is 7. The Morgan fingerprint density at radius 1 is 1.00 bits per heavy atom. The number of ketones is 1. The number of benzene rings is 2. The fourth-order valence-electron chi connectivity index (χ4n) is 6.50. The second-order valence-electron chi connectivity index (χ2n) is 13.6. The molecule has 286 valence electrons. The maximum absolute atomic E-state index is 14.1. The summed E-state index contributed by atoms with van der Waals surface area (Å²) >= 11 is 0. The van der Waals surface area contributed by atoms with Gasteiger partial charge in [-0.1, -0.05) is 80.6 Å². The van der Waals surface area contributed by atoms with Crippen molar-refractivity contribution in [1.82, 2.24) is 4.90 Å². The number of allylic oxidation sites excluding steroid dienone is 4. The number of carbonyl (C=O) groups excluding carboxylic acids is 4. The van der Waals surface area contributed by atoms with E-state index in [1.807, 2.05) is 37.3 Å². The lowest BCUT2D eigenvalue weighted by Crippen LogP contribution is -2.37. The Bertz CT molecular complexity index is 1790. The molecule has 1 aliphatic heterocycles. The standard InChI is InChI=1S/C41H53N3O9/c1-24-18-30(23-45)37(42)33(46)21-28(5)44(22-34(47)32-16-11-14-29-13-8-9-15-31(29)32)40(49)25(2)12-10-17-35(51-6)39(53-41(43)50)27(4)20-26(3)38(48)36(19-24)52-7/h8-17,20-21,23-24,26,33,35-36,38-39,46,48H,18-19,22,42H2,1-7H3,(H2,43,50)/b17-10-,25-12+,27-20+,28-21+,37-30+/t24-,26+,33?,35+,36+,38-,39+/m1/s1. The number of hydrogen-bond donors (Lipinski definition) is 4. The third kappa shape index (κ3) is 11.3. The first-order valence-corrected chi connectivity index (χ1v) is 17.5. The molecular formula is C41H53N3O9. The molecule has 0 aromatic heterocycles. The van der Waals surface area contributed by atoms with E-state index in [1.165, 1.54) is 31.3 Å². The van der Waals surface area contributed by atoms with E-state index in [0.29, 0.717) is 23.8 Å². The van der Waals surface area contributed by atoms with E-state index in [9.17, 15) is 29.4 Å². The molecule has 7 atom stereocenters. The lowest BCUT2D eigenvalue weighted by atomic mass is 9.88. The summed E-state index contributed by atoms with van der Waals surface area (Å²) in [5.41, 5.74) is 13.2. The topological polar surface area (TPSA) is 192 Å². The van der Waals surface area contributed by atoms with Crippen LogP contribution in [0.25, 0.3) is 10.8 Å². The van der Waals surface area contributed by atoms with E-state index in [-0.39, 0.29) is 47.2 Å². The van der Waals surface area contributed by atoms with Gasteiger partial charge in [0.05, 0.1) is 18.8 Å². The summed E-state index contributed by atoms with van der Waals surface area (Å²) in [5, 5.41) is 24.1. The number of methoxy groups -OCH3 is 2. The summed E-state index contributed by atoms with van der Waals surface area (Å²) in [4.78, 5) is 53.4. The molecule has 2 aromatic rings. The van der Waals surface area contributed by atoms with Crippen molar-refractivity contribution in [3.05, 3.63) is 107 Å². The van der Waals surface area contributed by atoms with Crippen LogP contribution in [-0.4, -0.2) is 90.5 Å². The molecule has 1 heterocycles. The average Bonchev–Trinajstić information content (AvgIpc) is 3.13. The summed E-state index contributed by atoms with van der Waals surface area (Å²) in [5.74, 6) is -1.58. The van der Waals surface area contributed by atoms with E-state index < -0.39 is 48.4 Å². The molecular weight excluding hydrogens is 678 g/mol. The Hall–Kier alpha value is -4.88. The number of fused-ring (bicyclic) bond motifs is 1. The number of primary amides is 1. The highest BCUT2D eigenvalue weighted by Crippen LogP contribution is 2.27. The molecule has 0 radical (unpaired) electrons. The Kier molecular flexibility index (Phi) is 15.9. The first-order valence-electron chi connectivity index (χ1n) is 17.5. The van der Waals surface area contributed by atoms with Crippen molar-refractivity contribution in [2.45, 2.75) is 78.0 Å². The largest absolute Gasteiger partial charge is 0.439 e. The number of aliphatic hydroxyl groups excluding tert-OH is 2. The van der Waals surface area contributed by atoms with Gasteiger partial charge in [0.2, 0.25) is 0 Å². The molecule has 0 saturated heterocycles. The highest BCUT2D eigenvalue weighted by Gasteiger charge is 2.30. The monoisotopic (exact) mass is 731 g/mol. The van der Waals surface area contributed by atoms with Crippen LogP contribution in [0.3, 0.4) is 0 Å². The molecule has 53 heavy (non-hydrogen) atoms. The van der Waals surface area contributed by atoms with Gasteiger partial charge in [0.15, 0.2) is 11.9 Å². The Morgan fingerprint density at radius 3 is 2.32 bits per heavy atom. The zero-order valence-electron chi connectivity index (χ0n) is 31.5. The molecule has 2 amide bonds. The molecule has 12 nitrogen and oxygen atoms in total. The van der Waals surface area contributed by atoms with Crippen molar-refractivity contribution < 1.29 is 43.6 Å². The van der Waals surface area contributed by atoms with Crippen LogP contribution >= 0.6 is 0 Å². The van der Waals surface area contributed by atoms with Gasteiger partial charge in [0.25, 0.3) is 5.91 Å². The lowest BCUT2D eigenvalue weighted by molar-refractivity contribution is -0.124. The Balaban J connectivity index is 2.18. The summed E-state index contributed by atoms with van der Waals surface area (Å²) in [6.07, 6.45) is 2.85. The van der Waals surface area contributed by atoms with Crippen molar-refractivity contribution in [1.29, 1.82) is 0 Å². The quantitative estimate of drug-likeness (QED) is 0.173. The van der Waals surface area contributed by atoms with Crippen LogP contribution in [-0.2, 0) is 23.8 Å². The van der Waals surface area contributed by atoms with Crippen LogP contribution in [0.5, 0.6) is 0 Å². The molecule has 0 bridgehead atoms. The van der Waals surface area contributed by atoms with Gasteiger partial charge in [-0.25, -0.2) is 4.79 Å². The maximum atomic E-state index is 14.1. The average molecular weight is 732 g/mol. The first-order chi connectivity index (χ1) is 25.1. The highest BCUT2D eigenvalue weighted by atomic mass is 16.6. The second-order valence-corrected chi connectivity index (χ2v) is 13.6. The molecule has 6 N–H and O–H groups in total. The molecule has 0 fully saturated rings. The molecule has 1 aliphatic rings. The van der Waals surface area contributed by atoms with E-state index in [2.05, 4.69) is 0 Å². The van der Waals surface area contributed by atoms with Gasteiger partial charge in [-0.3, -0.25) is 14.4 Å². The van der Waals surface area contributed by atoms with Crippen LogP contribution < -0.4 is 11.5 Å². The van der Waals surface area contributed by atoms with Gasteiger partial charge in [0.1, 0.15) is 18.5 Å². The number of nitrogens with two attached hydrogens (primary N) is 2. The number of nitrogens with zero attached hydrogens (tertiary/aromatic N) is 1. The van der Waals surface area contributed by atoms with Gasteiger partial charge in [-0.2, -0.15) is 0 Å². The minimum absolute atomic E-state index is 0.104. The maximum Gasteiger partial charge on any atom is 0.405 e. The Labute approximate surface area is 311 Å². The molecule has 2 aromatic carbocycles. The number of carbonyl (C=O) groups is 4. The first kappa shape index (κ1) is 42.5. The number of ether oxygens (including phenoxy) is 3. The summed E-state index contributed by atoms with van der Waals surface area (Å²) in [7, 11) is 2.91. The number of aldehydes is 1. The summed E-state index contributed by atoms with van der Waals surface area (Å²) < 4.78 is 16.8. The lowest BCUT2D eigenvalue weighted by Gasteiger charge is -2.29. The fraction of sp³-hybridized carbons (Fsp3) is 0.415. The molecule has 1 unspecified atom stereocenters. The number of aliphatic hydroxyl groups is 2. The smallest absolute Gasteiger partial charge is 0.405 e. The second kappa shape index (κ2) is 19.8. The van der Waals surface area contributed by atoms with Crippen LogP contribution in [0.2, 0.25) is 0 Å². The number of amides is 2. The SMILES string of the molecule is CO[C@H]1/C=C\C=C(/C)C(=O)N(CC(=O)c2cccc3ccccc23)/C(C)=C/C(O)/C(N)=C(\C=O)C[C@@H](C)C[C@H](OC)[C@H](O)[C@@H](C)/C=C(\C)[C@@H]1OC(N)=O. The zero-order chi connectivity index (χ0) is 39.4. The zero-order valence-corrected chi connectivity index (χ0v) is 31.5. The minimum atomic E-state index is -1.47. The van der Waals surface area contributed by atoms with Gasteiger partial charge >= 0.3 is 6.09 Å². The number of hydrogen-bond acceptors (Lipinski definition) is 10. The van der Waals surface area contributed by atoms with Gasteiger partial charge < -0.3 is 40.8 Å². The van der Waals surface area contributed by atoms with Gasteiger partial charge in [-0.15, -0.1) is 0 Å². The van der Waals surface area contributed by atoms with E-state index in [1.54, 1.807) is 58.1 Å². The Morgan fingerprint density at radius 2 is 1.68 bits per heavy atom. The van der Waals surface area contributed by atoms with Crippen molar-refractivity contribution in [2.75, 3.05) is 20.8 Å². The van der Waals surface area contributed by atoms with Crippen LogP contribution in [0, 0.1) is 11.8 Å². The predicted octanol–water partition coefficient (Wildman–Crippen LogP) is 4.90. The van der Waals surface area contributed by atoms with Gasteiger partial charge in [0, 0.05) is 48.2 Å². The molecule has 0 saturated carbocycles. The number of Topliss-reactive ketones (excluding diaryl/α,β-unsaturated/α-hetero) is 1. The summed E-state index contributed by atoms with van der Waals surface area (Å²) in [6.45, 7) is 8.15. The van der Waals surface area contributed by atoms with E-state index in [0.717, 1.165) is 10.8 Å². The van der Waals surface area contributed by atoms with Crippen molar-refractivity contribution >= 4 is 34.8 Å². The van der Waals surface area contributed by atoms with Crippen molar-refractivity contribution in [2.24, 2.45) is 23.3 Å². The minimum Gasteiger partial charge on any atom is -0.439 e. The van der Waals surface area contributed by atoms with Crippen molar-refractivity contribution in [3.63, 3.8) is 0 Å². The highest BCUT2D eigenvalue weighted by molar-refractivity contribution is 6.10. The molecule has 3 rings (SSSR count). The third-order valence-electron chi connectivity index (χ3n) is 9.49. The van der Waals surface area contributed by atoms with E-state index in [4.69, 9.17) is 25.7 Å². The van der Waals surface area contributed by atoms with Crippen LogP contribution in [0.4, 0.5) is 4.79 Å². The molecule has 12 heteroatoms. The predicted molar refractivity (Wildman–Crippen MR) is 203 cm³/mol. The summed E-state index contributed by atoms with van der Waals surface area (Å²) in [6, 6.07) is 12.8. The third-order valence-corrected chi connectivity index (χ3v) is 9.49. The normalized spacial score (nSPS) is 30.8. The van der Waals surface area contributed by atoms with Gasteiger partial charge in [-0.05, 0) is 62.0 Å². The molecule has 0 spiro atoms. The van der Waals surface area contributed by atoms with Crippen LogP contribution in [0.1, 0.15) is 57.8 Å².